The van der Waals surface area contributed by atoms with Gasteiger partial charge >= 0.3 is 0 Å². The van der Waals surface area contributed by atoms with Gasteiger partial charge in [0, 0.05) is 44.0 Å². The highest BCUT2D eigenvalue weighted by molar-refractivity contribution is 5.79. The second kappa shape index (κ2) is 7.65. The van der Waals surface area contributed by atoms with E-state index in [9.17, 15) is 4.79 Å². The minimum Gasteiger partial charge on any atom is -0.497 e. The van der Waals surface area contributed by atoms with Crippen LogP contribution in [-0.4, -0.2) is 51.9 Å². The average Bonchev–Trinajstić information content (AvgIpc) is 3.36. The van der Waals surface area contributed by atoms with Crippen molar-refractivity contribution in [1.82, 2.24) is 19.3 Å². The summed E-state index contributed by atoms with van der Waals surface area (Å²) in [5, 5.41) is 3.41. The van der Waals surface area contributed by atoms with E-state index >= 15 is 0 Å². The molecule has 0 spiro atoms. The largest absolute Gasteiger partial charge is 0.497 e. The van der Waals surface area contributed by atoms with E-state index in [1.54, 1.807) is 19.5 Å². The molecule has 1 N–H and O–H groups in total. The number of imidazole rings is 1. The SMILES string of the molecule is COc1ccc(-c2nc3cnccn3c2NCCC(=O)N2CCCC2)cc1. The summed E-state index contributed by atoms with van der Waals surface area (Å²) in [6, 6.07) is 7.79. The monoisotopic (exact) mass is 365 g/mol. The first kappa shape index (κ1) is 17.3. The highest BCUT2D eigenvalue weighted by Crippen LogP contribution is 2.29. The normalized spacial score (nSPS) is 13.9. The summed E-state index contributed by atoms with van der Waals surface area (Å²) in [6.07, 6.45) is 8.03. The van der Waals surface area contributed by atoms with Crippen molar-refractivity contribution < 1.29 is 9.53 Å². The van der Waals surface area contributed by atoms with Gasteiger partial charge in [-0.25, -0.2) is 4.98 Å². The lowest BCUT2D eigenvalue weighted by Crippen LogP contribution is -2.29. The average molecular weight is 365 g/mol. The Hall–Kier alpha value is -3.09. The molecular formula is C20H23N5O2. The molecule has 27 heavy (non-hydrogen) atoms. The molecule has 1 aliphatic heterocycles. The van der Waals surface area contributed by atoms with Crippen LogP contribution in [0.25, 0.3) is 16.9 Å². The van der Waals surface area contributed by atoms with E-state index < -0.39 is 0 Å². The Balaban J connectivity index is 1.57. The smallest absolute Gasteiger partial charge is 0.224 e. The Morgan fingerprint density at radius 3 is 2.74 bits per heavy atom. The number of fused-ring (bicyclic) bond motifs is 1. The van der Waals surface area contributed by atoms with Gasteiger partial charge in [0.05, 0.1) is 13.3 Å². The maximum Gasteiger partial charge on any atom is 0.224 e. The first-order valence-corrected chi connectivity index (χ1v) is 9.24. The number of hydrogen-bond acceptors (Lipinski definition) is 5. The highest BCUT2D eigenvalue weighted by atomic mass is 16.5. The van der Waals surface area contributed by atoms with Crippen molar-refractivity contribution in [2.45, 2.75) is 19.3 Å². The molecule has 1 amide bonds. The zero-order valence-corrected chi connectivity index (χ0v) is 15.4. The van der Waals surface area contributed by atoms with Gasteiger partial charge in [0.2, 0.25) is 5.91 Å². The van der Waals surface area contributed by atoms with Crippen LogP contribution in [0.4, 0.5) is 5.82 Å². The maximum absolute atomic E-state index is 12.3. The van der Waals surface area contributed by atoms with Crippen LogP contribution in [0.15, 0.2) is 42.9 Å². The fourth-order valence-electron chi connectivity index (χ4n) is 3.44. The van der Waals surface area contributed by atoms with Crippen LogP contribution in [0.3, 0.4) is 0 Å². The quantitative estimate of drug-likeness (QED) is 0.727. The molecule has 3 aromatic rings. The molecule has 1 fully saturated rings. The number of benzene rings is 1. The van der Waals surface area contributed by atoms with Crippen LogP contribution in [0, 0.1) is 0 Å². The molecule has 1 aliphatic rings. The lowest BCUT2D eigenvalue weighted by molar-refractivity contribution is -0.129. The van der Waals surface area contributed by atoms with Gasteiger partial charge in [-0.15, -0.1) is 0 Å². The Morgan fingerprint density at radius 2 is 2.00 bits per heavy atom. The van der Waals surface area contributed by atoms with Gasteiger partial charge in [0.1, 0.15) is 17.3 Å². The number of hydrogen-bond donors (Lipinski definition) is 1. The summed E-state index contributed by atoms with van der Waals surface area (Å²) in [7, 11) is 1.65. The number of nitrogens with one attached hydrogen (secondary N) is 1. The van der Waals surface area contributed by atoms with Crippen molar-refractivity contribution >= 4 is 17.4 Å². The predicted molar refractivity (Wildman–Crippen MR) is 104 cm³/mol. The van der Waals surface area contributed by atoms with Crippen LogP contribution < -0.4 is 10.1 Å². The van der Waals surface area contributed by atoms with E-state index in [1.807, 2.05) is 39.8 Å². The molecule has 7 heteroatoms. The fraction of sp³-hybridized carbons (Fsp3) is 0.350. The third-order valence-corrected chi connectivity index (χ3v) is 4.88. The van der Waals surface area contributed by atoms with E-state index in [0.29, 0.717) is 13.0 Å². The zero-order chi connectivity index (χ0) is 18.6. The number of nitrogens with zero attached hydrogens (tertiary/aromatic N) is 4. The molecule has 7 nitrogen and oxygen atoms in total. The van der Waals surface area contributed by atoms with Crippen LogP contribution in [-0.2, 0) is 4.79 Å². The van der Waals surface area contributed by atoms with E-state index in [4.69, 9.17) is 9.72 Å². The van der Waals surface area contributed by atoms with Crippen LogP contribution in [0.5, 0.6) is 5.75 Å². The summed E-state index contributed by atoms with van der Waals surface area (Å²) in [5.74, 6) is 1.88. The van der Waals surface area contributed by atoms with E-state index in [1.165, 1.54) is 0 Å². The molecule has 140 valence electrons. The fourth-order valence-corrected chi connectivity index (χ4v) is 3.44. The third kappa shape index (κ3) is 3.58. The number of amides is 1. The molecule has 0 saturated carbocycles. The lowest BCUT2D eigenvalue weighted by atomic mass is 10.1. The number of likely N-dealkylation sites (tertiary alicyclic amines) is 1. The summed E-state index contributed by atoms with van der Waals surface area (Å²) in [6.45, 7) is 2.34. The Labute approximate surface area is 158 Å². The molecule has 2 aromatic heterocycles. The Bertz CT molecular complexity index is 929. The van der Waals surface area contributed by atoms with E-state index in [2.05, 4.69) is 10.3 Å². The van der Waals surface area contributed by atoms with Crippen LogP contribution >= 0.6 is 0 Å². The van der Waals surface area contributed by atoms with Crippen LogP contribution in [0.2, 0.25) is 0 Å². The van der Waals surface area contributed by atoms with Gasteiger partial charge in [-0.05, 0) is 37.1 Å². The number of methoxy groups -OCH3 is 1. The topological polar surface area (TPSA) is 71.8 Å². The number of ether oxygens (including phenoxy) is 1. The van der Waals surface area contributed by atoms with Crippen molar-refractivity contribution in [2.75, 3.05) is 32.1 Å². The standard InChI is InChI=1S/C20H23N5O2/c1-27-16-6-4-15(5-7-16)19-20(25-13-10-21-14-17(25)23-19)22-9-8-18(26)24-11-2-3-12-24/h4-7,10,13-14,22H,2-3,8-9,11-12H2,1H3. The number of rotatable bonds is 6. The first-order chi connectivity index (χ1) is 13.3. The van der Waals surface area contributed by atoms with Gasteiger partial charge in [0.25, 0.3) is 0 Å². The zero-order valence-electron chi connectivity index (χ0n) is 15.4. The highest BCUT2D eigenvalue weighted by Gasteiger charge is 2.18. The number of carbonyl (C=O) groups is 1. The molecule has 1 saturated heterocycles. The third-order valence-electron chi connectivity index (χ3n) is 4.88. The van der Waals surface area contributed by atoms with Crippen molar-refractivity contribution in [3.8, 4) is 17.0 Å². The summed E-state index contributed by atoms with van der Waals surface area (Å²) in [4.78, 5) is 23.1. The predicted octanol–water partition coefficient (Wildman–Crippen LogP) is 2.83. The number of aromatic nitrogens is 3. The van der Waals surface area contributed by atoms with Gasteiger partial charge in [0.15, 0.2) is 5.65 Å². The Morgan fingerprint density at radius 1 is 1.22 bits per heavy atom. The molecule has 1 aromatic carbocycles. The second-order valence-electron chi connectivity index (χ2n) is 6.61. The minimum atomic E-state index is 0.210. The number of carbonyl (C=O) groups excluding carboxylic acids is 1. The van der Waals surface area contributed by atoms with Crippen LogP contribution in [0.1, 0.15) is 19.3 Å². The van der Waals surface area contributed by atoms with E-state index in [-0.39, 0.29) is 5.91 Å². The molecule has 4 rings (SSSR count). The molecule has 3 heterocycles. The summed E-state index contributed by atoms with van der Waals surface area (Å²) in [5.41, 5.74) is 2.57. The molecule has 0 atom stereocenters. The minimum absolute atomic E-state index is 0.210. The molecule has 0 unspecified atom stereocenters. The lowest BCUT2D eigenvalue weighted by Gasteiger charge is -2.15. The number of anilines is 1. The van der Waals surface area contributed by atoms with Gasteiger partial charge < -0.3 is 15.0 Å². The van der Waals surface area contributed by atoms with Gasteiger partial charge in [-0.3, -0.25) is 14.2 Å². The van der Waals surface area contributed by atoms with Crippen molar-refractivity contribution in [1.29, 1.82) is 0 Å². The maximum atomic E-state index is 12.3. The Kier molecular flexibility index (Phi) is 4.91. The molecule has 0 aliphatic carbocycles. The van der Waals surface area contributed by atoms with Gasteiger partial charge in [-0.1, -0.05) is 0 Å². The molecule has 0 radical (unpaired) electrons. The molecule has 0 bridgehead atoms. The first-order valence-electron chi connectivity index (χ1n) is 9.24. The van der Waals surface area contributed by atoms with Crippen molar-refractivity contribution in [2.24, 2.45) is 0 Å². The molecular weight excluding hydrogens is 342 g/mol. The summed E-state index contributed by atoms with van der Waals surface area (Å²) < 4.78 is 7.21. The van der Waals surface area contributed by atoms with Crippen molar-refractivity contribution in [3.05, 3.63) is 42.9 Å². The van der Waals surface area contributed by atoms with E-state index in [0.717, 1.165) is 54.4 Å². The second-order valence-corrected chi connectivity index (χ2v) is 6.61. The van der Waals surface area contributed by atoms with Crippen molar-refractivity contribution in [3.63, 3.8) is 0 Å². The van der Waals surface area contributed by atoms with Gasteiger partial charge in [-0.2, -0.15) is 0 Å². The summed E-state index contributed by atoms with van der Waals surface area (Å²) >= 11 is 0.